The second kappa shape index (κ2) is 10.7. The Labute approximate surface area is 194 Å². The van der Waals surface area contributed by atoms with Gasteiger partial charge in [-0.15, -0.1) is 0 Å². The van der Waals surface area contributed by atoms with Crippen LogP contribution in [0.15, 0.2) is 77.7 Å². The molecule has 3 rings (SSSR count). The van der Waals surface area contributed by atoms with E-state index in [1.54, 1.807) is 60.3 Å². The fraction of sp³-hybridized carbons (Fsp3) is 0.240. The molecule has 32 heavy (non-hydrogen) atoms. The Bertz CT molecular complexity index is 1160. The van der Waals surface area contributed by atoms with E-state index in [2.05, 4.69) is 24.4 Å². The average molecular weight is 469 g/mol. The topological polar surface area (TPSA) is 66.5 Å². The van der Waals surface area contributed by atoms with Crippen LogP contribution in [0.1, 0.15) is 27.0 Å². The van der Waals surface area contributed by atoms with E-state index in [0.29, 0.717) is 17.8 Å². The number of benzene rings is 3. The van der Waals surface area contributed by atoms with Crippen molar-refractivity contribution in [2.24, 2.45) is 0 Å². The van der Waals surface area contributed by atoms with Crippen molar-refractivity contribution in [2.75, 3.05) is 23.7 Å². The highest BCUT2D eigenvalue weighted by Crippen LogP contribution is 2.23. The molecule has 0 saturated carbocycles. The summed E-state index contributed by atoms with van der Waals surface area (Å²) in [4.78, 5) is 12.6. The summed E-state index contributed by atoms with van der Waals surface area (Å²) < 4.78 is 26.9. The maximum absolute atomic E-state index is 12.8. The van der Waals surface area contributed by atoms with E-state index in [4.69, 9.17) is 0 Å². The number of nitrogens with zero attached hydrogens (tertiary/aromatic N) is 1. The highest BCUT2D eigenvalue weighted by atomic mass is 32.2. The summed E-state index contributed by atoms with van der Waals surface area (Å²) in [7, 11) is -2.15. The number of thioether (sulfide) groups is 1. The highest BCUT2D eigenvalue weighted by molar-refractivity contribution is 7.98. The summed E-state index contributed by atoms with van der Waals surface area (Å²) in [6.07, 6.45) is 0. The summed E-state index contributed by atoms with van der Waals surface area (Å²) in [5, 5.41) is 2.92. The maximum atomic E-state index is 12.8. The van der Waals surface area contributed by atoms with Gasteiger partial charge in [0.25, 0.3) is 15.9 Å². The fourth-order valence-corrected chi connectivity index (χ4v) is 5.25. The number of carbonyl (C=O) groups is 1. The molecule has 0 radical (unpaired) electrons. The average Bonchev–Trinajstić information content (AvgIpc) is 2.79. The van der Waals surface area contributed by atoms with Gasteiger partial charge in [0.05, 0.1) is 10.6 Å². The molecule has 1 amide bonds. The molecule has 7 heteroatoms. The first-order chi connectivity index (χ1) is 15.3. The van der Waals surface area contributed by atoms with E-state index in [1.807, 2.05) is 19.1 Å². The Morgan fingerprint density at radius 1 is 0.938 bits per heavy atom. The van der Waals surface area contributed by atoms with Gasteiger partial charge in [0.15, 0.2) is 0 Å². The van der Waals surface area contributed by atoms with Gasteiger partial charge in [-0.1, -0.05) is 42.0 Å². The van der Waals surface area contributed by atoms with Crippen molar-refractivity contribution in [3.63, 3.8) is 0 Å². The molecule has 0 bridgehead atoms. The quantitative estimate of drug-likeness (QED) is 0.459. The molecule has 0 aliphatic rings. The van der Waals surface area contributed by atoms with Gasteiger partial charge in [-0.3, -0.25) is 9.10 Å². The third-order valence-corrected chi connectivity index (χ3v) is 8.03. The summed E-state index contributed by atoms with van der Waals surface area (Å²) >= 11 is 1.78. The van der Waals surface area contributed by atoms with Gasteiger partial charge in [-0.2, -0.15) is 11.8 Å². The highest BCUT2D eigenvalue weighted by Gasteiger charge is 2.21. The molecule has 0 spiro atoms. The maximum Gasteiger partial charge on any atom is 0.264 e. The summed E-state index contributed by atoms with van der Waals surface area (Å²) in [5.74, 6) is 1.56. The Kier molecular flexibility index (Phi) is 7.99. The molecule has 3 aromatic rings. The third-order valence-electron chi connectivity index (χ3n) is 5.22. The first-order valence-corrected chi connectivity index (χ1v) is 12.9. The zero-order valence-electron chi connectivity index (χ0n) is 18.5. The normalized spacial score (nSPS) is 11.2. The summed E-state index contributed by atoms with van der Waals surface area (Å²) in [6.45, 7) is 4.58. The van der Waals surface area contributed by atoms with Gasteiger partial charge in [-0.05, 0) is 61.4 Å². The van der Waals surface area contributed by atoms with Gasteiger partial charge in [0.1, 0.15) is 0 Å². The number of aryl methyl sites for hydroxylation is 2. The standard InChI is InChI=1S/C25H28N2O3S2/c1-19-8-14-24(15-9-19)32(29,30)27(3)23-12-10-21(11-13-23)25(28)26-16-17-31-18-22-7-5-4-6-20(22)2/h4-15H,16-18H2,1-3H3,(H,26,28). The zero-order valence-corrected chi connectivity index (χ0v) is 20.2. The molecule has 0 unspecified atom stereocenters. The number of hydrogen-bond acceptors (Lipinski definition) is 4. The molecule has 0 aromatic heterocycles. The van der Waals surface area contributed by atoms with Crippen molar-refractivity contribution in [3.05, 3.63) is 95.1 Å². The predicted molar refractivity (Wildman–Crippen MR) is 133 cm³/mol. The lowest BCUT2D eigenvalue weighted by atomic mass is 10.1. The number of anilines is 1. The van der Waals surface area contributed by atoms with Crippen LogP contribution in [0.4, 0.5) is 5.69 Å². The van der Waals surface area contributed by atoms with Crippen molar-refractivity contribution in [1.29, 1.82) is 0 Å². The van der Waals surface area contributed by atoms with Crippen LogP contribution in [0.3, 0.4) is 0 Å². The van der Waals surface area contributed by atoms with E-state index in [1.165, 1.54) is 22.5 Å². The minimum absolute atomic E-state index is 0.169. The van der Waals surface area contributed by atoms with Crippen LogP contribution in [0.25, 0.3) is 0 Å². The van der Waals surface area contributed by atoms with E-state index >= 15 is 0 Å². The van der Waals surface area contributed by atoms with Gasteiger partial charge in [-0.25, -0.2) is 8.42 Å². The van der Waals surface area contributed by atoms with E-state index in [9.17, 15) is 13.2 Å². The summed E-state index contributed by atoms with van der Waals surface area (Å²) in [6, 6.07) is 21.6. The van der Waals surface area contributed by atoms with Crippen LogP contribution in [-0.2, 0) is 15.8 Å². The lowest BCUT2D eigenvalue weighted by Crippen LogP contribution is -2.27. The molecule has 0 aliphatic heterocycles. The number of hydrogen-bond donors (Lipinski definition) is 1. The van der Waals surface area contributed by atoms with Gasteiger partial charge in [0, 0.05) is 30.7 Å². The lowest BCUT2D eigenvalue weighted by molar-refractivity contribution is 0.0956. The number of sulfonamides is 1. The van der Waals surface area contributed by atoms with Crippen molar-refractivity contribution < 1.29 is 13.2 Å². The number of rotatable bonds is 9. The molecule has 1 N–H and O–H groups in total. The fourth-order valence-electron chi connectivity index (χ4n) is 3.12. The minimum Gasteiger partial charge on any atom is -0.351 e. The monoisotopic (exact) mass is 468 g/mol. The molecule has 0 heterocycles. The lowest BCUT2D eigenvalue weighted by Gasteiger charge is -2.20. The Hall–Kier alpha value is -2.77. The zero-order chi connectivity index (χ0) is 23.1. The molecule has 0 aliphatic carbocycles. The van der Waals surface area contributed by atoms with Crippen LogP contribution in [-0.4, -0.2) is 33.7 Å². The van der Waals surface area contributed by atoms with Crippen LogP contribution < -0.4 is 9.62 Å². The molecule has 168 valence electrons. The number of carbonyl (C=O) groups excluding carboxylic acids is 1. The van der Waals surface area contributed by atoms with E-state index in [0.717, 1.165) is 17.1 Å². The van der Waals surface area contributed by atoms with Crippen LogP contribution >= 0.6 is 11.8 Å². The number of nitrogens with one attached hydrogen (secondary N) is 1. The predicted octanol–water partition coefficient (Wildman–Crippen LogP) is 4.79. The summed E-state index contributed by atoms with van der Waals surface area (Å²) in [5.41, 5.74) is 4.58. The molecular weight excluding hydrogens is 440 g/mol. The first-order valence-electron chi connectivity index (χ1n) is 10.3. The van der Waals surface area contributed by atoms with Crippen molar-refractivity contribution in [1.82, 2.24) is 5.32 Å². The first kappa shape index (κ1) is 23.9. The SMILES string of the molecule is Cc1ccc(S(=O)(=O)N(C)c2ccc(C(=O)NCCSCc3ccccc3C)cc2)cc1. The Balaban J connectivity index is 1.52. The van der Waals surface area contributed by atoms with Gasteiger partial charge in [0.2, 0.25) is 0 Å². The van der Waals surface area contributed by atoms with Gasteiger partial charge >= 0.3 is 0 Å². The van der Waals surface area contributed by atoms with Crippen LogP contribution in [0, 0.1) is 13.8 Å². The molecular formula is C25H28N2O3S2. The molecule has 0 atom stereocenters. The van der Waals surface area contributed by atoms with E-state index < -0.39 is 10.0 Å². The third kappa shape index (κ3) is 5.93. The molecule has 0 fully saturated rings. The second-order valence-electron chi connectivity index (χ2n) is 7.57. The smallest absolute Gasteiger partial charge is 0.264 e. The molecule has 3 aromatic carbocycles. The van der Waals surface area contributed by atoms with Crippen LogP contribution in [0.2, 0.25) is 0 Å². The molecule has 0 saturated heterocycles. The van der Waals surface area contributed by atoms with Crippen molar-refractivity contribution >= 4 is 33.4 Å². The van der Waals surface area contributed by atoms with Crippen LogP contribution in [0.5, 0.6) is 0 Å². The Morgan fingerprint density at radius 2 is 1.59 bits per heavy atom. The van der Waals surface area contributed by atoms with Gasteiger partial charge < -0.3 is 5.32 Å². The molecule has 5 nitrogen and oxygen atoms in total. The number of amides is 1. The Morgan fingerprint density at radius 3 is 2.25 bits per heavy atom. The van der Waals surface area contributed by atoms with Crippen molar-refractivity contribution in [3.8, 4) is 0 Å². The van der Waals surface area contributed by atoms with E-state index in [-0.39, 0.29) is 10.8 Å². The second-order valence-corrected chi connectivity index (χ2v) is 10.6. The van der Waals surface area contributed by atoms with Crippen molar-refractivity contribution in [2.45, 2.75) is 24.5 Å². The minimum atomic E-state index is -3.66. The largest absolute Gasteiger partial charge is 0.351 e.